The fraction of sp³-hybridized carbons (Fsp3) is 0.250. The third-order valence-corrected chi connectivity index (χ3v) is 3.97. The highest BCUT2D eigenvalue weighted by Gasteiger charge is 2.19. The minimum Gasteiger partial charge on any atom is -0.494 e. The van der Waals surface area contributed by atoms with Gasteiger partial charge in [0.1, 0.15) is 0 Å². The Kier molecular flexibility index (Phi) is 7.05. The van der Waals surface area contributed by atoms with Crippen LogP contribution in [0.15, 0.2) is 48.5 Å². The molecule has 2 aromatic carbocycles. The monoisotopic (exact) mass is 373 g/mol. The van der Waals surface area contributed by atoms with Crippen molar-refractivity contribution in [1.29, 1.82) is 0 Å². The number of methoxy groups -OCH3 is 1. The van der Waals surface area contributed by atoms with Crippen LogP contribution >= 0.6 is 0 Å². The fourth-order valence-corrected chi connectivity index (χ4v) is 2.59. The van der Waals surface area contributed by atoms with Gasteiger partial charge in [0.25, 0.3) is 0 Å². The first-order valence-corrected chi connectivity index (χ1v) is 8.33. The number of aliphatic carboxylic acids is 1. The van der Waals surface area contributed by atoms with Gasteiger partial charge in [-0.25, -0.2) is 4.39 Å². The highest BCUT2D eigenvalue weighted by molar-refractivity contribution is 5.98. The lowest BCUT2D eigenvalue weighted by Gasteiger charge is -2.17. The van der Waals surface area contributed by atoms with E-state index >= 15 is 0 Å². The van der Waals surface area contributed by atoms with E-state index in [9.17, 15) is 18.8 Å². The topological polar surface area (TPSA) is 92.7 Å². The average Bonchev–Trinajstić information content (AvgIpc) is 2.65. The number of carboxylic acids is 1. The molecule has 0 saturated heterocycles. The Labute approximate surface area is 156 Å². The molecule has 2 rings (SSSR count). The highest BCUT2D eigenvalue weighted by Crippen LogP contribution is 2.20. The molecule has 0 aliphatic rings. The average molecular weight is 373 g/mol. The van der Waals surface area contributed by atoms with Gasteiger partial charge in [0, 0.05) is 18.4 Å². The van der Waals surface area contributed by atoms with E-state index in [2.05, 4.69) is 5.32 Å². The third kappa shape index (κ3) is 5.91. The minimum atomic E-state index is -1.05. The van der Waals surface area contributed by atoms with Crippen molar-refractivity contribution in [3.05, 3.63) is 65.5 Å². The molecule has 6 nitrogen and oxygen atoms in total. The van der Waals surface area contributed by atoms with Gasteiger partial charge in [-0.1, -0.05) is 30.3 Å². The number of benzene rings is 2. The maximum absolute atomic E-state index is 13.7. The first-order valence-electron chi connectivity index (χ1n) is 8.33. The molecule has 0 bridgehead atoms. The molecule has 0 saturated carbocycles. The van der Waals surface area contributed by atoms with Crippen LogP contribution in [0.3, 0.4) is 0 Å². The summed E-state index contributed by atoms with van der Waals surface area (Å²) in [4.78, 5) is 35.4. The largest absolute Gasteiger partial charge is 0.494 e. The fourth-order valence-electron chi connectivity index (χ4n) is 2.59. The van der Waals surface area contributed by atoms with E-state index < -0.39 is 23.7 Å². The highest BCUT2D eigenvalue weighted by atomic mass is 19.1. The van der Waals surface area contributed by atoms with Crippen LogP contribution in [0, 0.1) is 5.82 Å². The van der Waals surface area contributed by atoms with Crippen LogP contribution in [0.4, 0.5) is 4.39 Å². The molecule has 0 aromatic heterocycles. The molecule has 7 heteroatoms. The number of nitrogens with one attached hydrogen (secondary N) is 1. The zero-order chi connectivity index (χ0) is 19.8. The summed E-state index contributed by atoms with van der Waals surface area (Å²) in [5, 5.41) is 11.7. The number of hydrogen-bond acceptors (Lipinski definition) is 4. The van der Waals surface area contributed by atoms with E-state index in [1.807, 2.05) is 0 Å². The van der Waals surface area contributed by atoms with Crippen LogP contribution in [-0.4, -0.2) is 29.9 Å². The van der Waals surface area contributed by atoms with Gasteiger partial charge >= 0.3 is 5.97 Å². The SMILES string of the molecule is COc1ccc(C(=O)CCC(=O)NC(CC(=O)O)c2ccccc2)cc1F. The molecular weight excluding hydrogens is 353 g/mol. The first kappa shape index (κ1) is 20.1. The summed E-state index contributed by atoms with van der Waals surface area (Å²) in [6.45, 7) is 0. The molecule has 142 valence electrons. The maximum Gasteiger partial charge on any atom is 0.305 e. The Morgan fingerprint density at radius 2 is 1.81 bits per heavy atom. The Bertz CT molecular complexity index is 822. The molecule has 0 radical (unpaired) electrons. The predicted molar refractivity (Wildman–Crippen MR) is 96.1 cm³/mol. The molecule has 0 aliphatic heterocycles. The predicted octanol–water partition coefficient (Wildman–Crippen LogP) is 3.13. The van der Waals surface area contributed by atoms with Crippen LogP contribution in [0.1, 0.15) is 41.2 Å². The summed E-state index contributed by atoms with van der Waals surface area (Å²) in [5.74, 6) is -2.51. The van der Waals surface area contributed by atoms with E-state index in [4.69, 9.17) is 9.84 Å². The third-order valence-electron chi connectivity index (χ3n) is 3.97. The zero-order valence-corrected chi connectivity index (χ0v) is 14.8. The Morgan fingerprint density at radius 1 is 1.11 bits per heavy atom. The number of ether oxygens (including phenoxy) is 1. The standard InChI is InChI=1S/C20H20FNO5/c1-27-18-9-7-14(11-15(18)21)17(23)8-10-19(24)22-16(12-20(25)26)13-5-3-2-4-6-13/h2-7,9,11,16H,8,10,12H2,1H3,(H,22,24)(H,25,26). The number of hydrogen-bond donors (Lipinski definition) is 2. The van der Waals surface area contributed by atoms with E-state index in [0.29, 0.717) is 5.56 Å². The second-order valence-electron chi connectivity index (χ2n) is 5.90. The molecule has 1 atom stereocenters. The molecule has 2 aromatic rings. The van der Waals surface area contributed by atoms with Gasteiger partial charge in [-0.3, -0.25) is 14.4 Å². The molecule has 1 unspecified atom stereocenters. The van der Waals surface area contributed by atoms with Gasteiger partial charge in [0.2, 0.25) is 5.91 Å². The lowest BCUT2D eigenvalue weighted by atomic mass is 10.0. The van der Waals surface area contributed by atoms with Crippen molar-refractivity contribution >= 4 is 17.7 Å². The van der Waals surface area contributed by atoms with Crippen molar-refractivity contribution in [3.8, 4) is 5.75 Å². The first-order chi connectivity index (χ1) is 12.9. The number of carboxylic acid groups (broad SMARTS) is 1. The van der Waals surface area contributed by atoms with Crippen LogP contribution in [0.2, 0.25) is 0 Å². The van der Waals surface area contributed by atoms with Crippen molar-refractivity contribution in [3.63, 3.8) is 0 Å². The summed E-state index contributed by atoms with van der Waals surface area (Å²) in [6.07, 6.45) is -0.519. The normalized spacial score (nSPS) is 11.5. The van der Waals surface area contributed by atoms with Gasteiger partial charge in [-0.15, -0.1) is 0 Å². The van der Waals surface area contributed by atoms with Crippen molar-refractivity contribution in [1.82, 2.24) is 5.32 Å². The summed E-state index contributed by atoms with van der Waals surface area (Å²) in [6, 6.07) is 11.9. The summed E-state index contributed by atoms with van der Waals surface area (Å²) < 4.78 is 18.5. The van der Waals surface area contributed by atoms with Crippen LogP contribution in [0.5, 0.6) is 5.75 Å². The second kappa shape index (κ2) is 9.47. The van der Waals surface area contributed by atoms with Gasteiger partial charge in [-0.05, 0) is 23.8 Å². The van der Waals surface area contributed by atoms with Gasteiger partial charge in [0.15, 0.2) is 17.3 Å². The summed E-state index contributed by atoms with van der Waals surface area (Å²) >= 11 is 0. The van der Waals surface area contributed by atoms with Crippen molar-refractivity contribution < 1.29 is 28.6 Å². The smallest absolute Gasteiger partial charge is 0.305 e. The van der Waals surface area contributed by atoms with Gasteiger partial charge in [0.05, 0.1) is 19.6 Å². The van der Waals surface area contributed by atoms with E-state index in [0.717, 1.165) is 6.07 Å². The molecule has 0 spiro atoms. The van der Waals surface area contributed by atoms with Crippen molar-refractivity contribution in [2.24, 2.45) is 0 Å². The molecule has 0 heterocycles. The van der Waals surface area contributed by atoms with Crippen LogP contribution in [-0.2, 0) is 9.59 Å². The number of halogens is 1. The lowest BCUT2D eigenvalue weighted by Crippen LogP contribution is -2.30. The molecular formula is C20H20FNO5. The summed E-state index contributed by atoms with van der Waals surface area (Å²) in [5.41, 5.74) is 0.808. The molecule has 2 N–H and O–H groups in total. The number of amides is 1. The minimum absolute atomic E-state index is 0.0312. The molecule has 27 heavy (non-hydrogen) atoms. The number of carbonyl (C=O) groups excluding carboxylic acids is 2. The van der Waals surface area contributed by atoms with E-state index in [1.165, 1.54) is 19.2 Å². The van der Waals surface area contributed by atoms with Crippen LogP contribution < -0.4 is 10.1 Å². The Balaban J connectivity index is 1.96. The molecule has 0 fully saturated rings. The Morgan fingerprint density at radius 3 is 2.41 bits per heavy atom. The van der Waals surface area contributed by atoms with Gasteiger partial charge in [-0.2, -0.15) is 0 Å². The number of Topliss-reactive ketones (excluding diaryl/α,β-unsaturated/α-hetero) is 1. The van der Waals surface area contributed by atoms with Crippen molar-refractivity contribution in [2.75, 3.05) is 7.11 Å². The number of rotatable bonds is 9. The molecule has 0 aliphatic carbocycles. The zero-order valence-electron chi connectivity index (χ0n) is 14.8. The Hall–Kier alpha value is -3.22. The quantitative estimate of drug-likeness (QED) is 0.659. The lowest BCUT2D eigenvalue weighted by molar-refractivity contribution is -0.137. The van der Waals surface area contributed by atoms with Gasteiger partial charge < -0.3 is 15.2 Å². The summed E-state index contributed by atoms with van der Waals surface area (Å²) in [7, 11) is 1.32. The van der Waals surface area contributed by atoms with Crippen LogP contribution in [0.25, 0.3) is 0 Å². The maximum atomic E-state index is 13.7. The second-order valence-corrected chi connectivity index (χ2v) is 5.90. The van der Waals surface area contributed by atoms with E-state index in [-0.39, 0.29) is 36.4 Å². The van der Waals surface area contributed by atoms with Crippen molar-refractivity contribution in [2.45, 2.75) is 25.3 Å². The number of carbonyl (C=O) groups is 3. The molecule has 1 amide bonds. The number of ketones is 1. The van der Waals surface area contributed by atoms with E-state index in [1.54, 1.807) is 30.3 Å².